The Bertz CT molecular complexity index is 539. The van der Waals surface area contributed by atoms with Gasteiger partial charge in [0.1, 0.15) is 5.75 Å². The molecule has 0 unspecified atom stereocenters. The second kappa shape index (κ2) is 5.91. The molecular formula is C15H21N3O3. The summed E-state index contributed by atoms with van der Waals surface area (Å²) in [5.41, 5.74) is 8.82. The van der Waals surface area contributed by atoms with Crippen molar-refractivity contribution in [3.05, 3.63) is 23.3 Å². The Morgan fingerprint density at radius 1 is 1.29 bits per heavy atom. The van der Waals surface area contributed by atoms with Gasteiger partial charge in [-0.05, 0) is 12.1 Å². The number of piperazine rings is 1. The summed E-state index contributed by atoms with van der Waals surface area (Å²) in [6.45, 7) is 6.57. The molecule has 114 valence electrons. The summed E-state index contributed by atoms with van der Waals surface area (Å²) < 4.78 is 10.9. The lowest BCUT2D eigenvalue weighted by molar-refractivity contribution is -0.130. The van der Waals surface area contributed by atoms with Gasteiger partial charge in [-0.15, -0.1) is 0 Å². The van der Waals surface area contributed by atoms with Crippen LogP contribution >= 0.6 is 0 Å². The minimum Gasteiger partial charge on any atom is -0.467 e. The van der Waals surface area contributed by atoms with E-state index in [1.807, 2.05) is 17.0 Å². The SMILES string of the molecule is CC(=O)N1CCN(Cc2cc(N)cc3c2OCOC3)CC1. The molecule has 21 heavy (non-hydrogen) atoms. The first-order valence-electron chi connectivity index (χ1n) is 7.23. The maximum absolute atomic E-state index is 11.4. The van der Waals surface area contributed by atoms with Gasteiger partial charge >= 0.3 is 0 Å². The van der Waals surface area contributed by atoms with Gasteiger partial charge in [0.25, 0.3) is 0 Å². The van der Waals surface area contributed by atoms with Crippen LogP contribution in [0.15, 0.2) is 12.1 Å². The first kappa shape index (κ1) is 14.2. The number of hydrogen-bond acceptors (Lipinski definition) is 5. The average Bonchev–Trinajstić information content (AvgIpc) is 2.47. The summed E-state index contributed by atoms with van der Waals surface area (Å²) in [6.07, 6.45) is 0. The van der Waals surface area contributed by atoms with E-state index in [2.05, 4.69) is 4.90 Å². The van der Waals surface area contributed by atoms with Crippen LogP contribution in [0.25, 0.3) is 0 Å². The van der Waals surface area contributed by atoms with E-state index in [9.17, 15) is 4.79 Å². The van der Waals surface area contributed by atoms with Crippen LogP contribution in [0.4, 0.5) is 5.69 Å². The molecule has 1 fully saturated rings. The fourth-order valence-corrected chi connectivity index (χ4v) is 2.91. The zero-order chi connectivity index (χ0) is 14.8. The van der Waals surface area contributed by atoms with Crippen molar-refractivity contribution < 1.29 is 14.3 Å². The van der Waals surface area contributed by atoms with Crippen molar-refractivity contribution in [1.82, 2.24) is 9.80 Å². The van der Waals surface area contributed by atoms with Crippen molar-refractivity contribution in [3.63, 3.8) is 0 Å². The van der Waals surface area contributed by atoms with E-state index in [0.29, 0.717) is 13.4 Å². The maximum atomic E-state index is 11.4. The molecule has 6 nitrogen and oxygen atoms in total. The molecular weight excluding hydrogens is 270 g/mol. The molecule has 2 aliphatic rings. The Morgan fingerprint density at radius 2 is 2.05 bits per heavy atom. The Hall–Kier alpha value is -1.79. The number of rotatable bonds is 2. The summed E-state index contributed by atoms with van der Waals surface area (Å²) in [4.78, 5) is 15.6. The van der Waals surface area contributed by atoms with Crippen LogP contribution < -0.4 is 10.5 Å². The highest BCUT2D eigenvalue weighted by molar-refractivity contribution is 5.73. The molecule has 0 aromatic heterocycles. The van der Waals surface area contributed by atoms with Crippen LogP contribution in [0, 0.1) is 0 Å². The Morgan fingerprint density at radius 3 is 2.76 bits per heavy atom. The molecule has 6 heteroatoms. The predicted molar refractivity (Wildman–Crippen MR) is 78.7 cm³/mol. The van der Waals surface area contributed by atoms with E-state index in [4.69, 9.17) is 15.2 Å². The van der Waals surface area contributed by atoms with Gasteiger partial charge in [-0.2, -0.15) is 0 Å². The molecule has 1 amide bonds. The van der Waals surface area contributed by atoms with Gasteiger partial charge in [0, 0.05) is 56.5 Å². The van der Waals surface area contributed by atoms with E-state index >= 15 is 0 Å². The summed E-state index contributed by atoms with van der Waals surface area (Å²) >= 11 is 0. The second-order valence-corrected chi connectivity index (χ2v) is 5.56. The summed E-state index contributed by atoms with van der Waals surface area (Å²) in [7, 11) is 0. The Balaban J connectivity index is 1.71. The van der Waals surface area contributed by atoms with Gasteiger partial charge in [0.15, 0.2) is 6.79 Å². The molecule has 0 bridgehead atoms. The highest BCUT2D eigenvalue weighted by Gasteiger charge is 2.22. The zero-order valence-electron chi connectivity index (χ0n) is 12.3. The molecule has 1 aromatic rings. The van der Waals surface area contributed by atoms with E-state index in [-0.39, 0.29) is 5.91 Å². The number of nitrogens with zero attached hydrogens (tertiary/aromatic N) is 2. The van der Waals surface area contributed by atoms with Crippen LogP contribution in [-0.2, 0) is 22.7 Å². The molecule has 0 spiro atoms. The highest BCUT2D eigenvalue weighted by Crippen LogP contribution is 2.31. The lowest BCUT2D eigenvalue weighted by atomic mass is 10.1. The molecule has 2 aliphatic heterocycles. The van der Waals surface area contributed by atoms with Crippen molar-refractivity contribution in [3.8, 4) is 5.75 Å². The third kappa shape index (κ3) is 3.11. The summed E-state index contributed by atoms with van der Waals surface area (Å²) in [5.74, 6) is 1.06. The van der Waals surface area contributed by atoms with Gasteiger partial charge < -0.3 is 20.1 Å². The molecule has 2 heterocycles. The number of benzene rings is 1. The number of nitrogen functional groups attached to an aromatic ring is 1. The smallest absolute Gasteiger partial charge is 0.219 e. The van der Waals surface area contributed by atoms with Gasteiger partial charge in [0.2, 0.25) is 5.91 Å². The van der Waals surface area contributed by atoms with Gasteiger partial charge in [0.05, 0.1) is 6.61 Å². The van der Waals surface area contributed by atoms with Crippen LogP contribution in [0.2, 0.25) is 0 Å². The van der Waals surface area contributed by atoms with Crippen LogP contribution in [0.1, 0.15) is 18.1 Å². The quantitative estimate of drug-likeness (QED) is 0.816. The van der Waals surface area contributed by atoms with E-state index < -0.39 is 0 Å². The van der Waals surface area contributed by atoms with Crippen molar-refractivity contribution >= 4 is 11.6 Å². The summed E-state index contributed by atoms with van der Waals surface area (Å²) in [6, 6.07) is 3.88. The number of nitrogens with two attached hydrogens (primary N) is 1. The molecule has 0 radical (unpaired) electrons. The average molecular weight is 291 g/mol. The summed E-state index contributed by atoms with van der Waals surface area (Å²) in [5, 5.41) is 0. The molecule has 3 rings (SSSR count). The van der Waals surface area contributed by atoms with Crippen LogP contribution in [0.5, 0.6) is 5.75 Å². The van der Waals surface area contributed by atoms with Crippen molar-refractivity contribution in [2.75, 3.05) is 38.7 Å². The minimum absolute atomic E-state index is 0.150. The second-order valence-electron chi connectivity index (χ2n) is 5.56. The molecule has 2 N–H and O–H groups in total. The normalized spacial score (nSPS) is 19.0. The van der Waals surface area contributed by atoms with E-state index in [1.165, 1.54) is 0 Å². The monoisotopic (exact) mass is 291 g/mol. The van der Waals surface area contributed by atoms with Gasteiger partial charge in [-0.25, -0.2) is 0 Å². The number of ether oxygens (including phenoxy) is 2. The predicted octanol–water partition coefficient (Wildman–Crippen LogP) is 0.799. The number of anilines is 1. The van der Waals surface area contributed by atoms with Crippen molar-refractivity contribution in [1.29, 1.82) is 0 Å². The first-order valence-corrected chi connectivity index (χ1v) is 7.23. The highest BCUT2D eigenvalue weighted by atomic mass is 16.7. The number of carbonyl (C=O) groups excluding carboxylic acids is 1. The standard InChI is InChI=1S/C15H21N3O3/c1-11(19)18-4-2-17(3-5-18)8-12-6-14(16)7-13-9-20-10-21-15(12)13/h6-7H,2-5,8-10,16H2,1H3. The largest absolute Gasteiger partial charge is 0.467 e. The maximum Gasteiger partial charge on any atom is 0.219 e. The number of hydrogen-bond donors (Lipinski definition) is 1. The lowest BCUT2D eigenvalue weighted by Crippen LogP contribution is -2.47. The minimum atomic E-state index is 0.150. The van der Waals surface area contributed by atoms with E-state index in [1.54, 1.807) is 6.92 Å². The molecule has 1 aromatic carbocycles. The molecule has 0 atom stereocenters. The molecule has 1 saturated heterocycles. The third-order valence-corrected chi connectivity index (χ3v) is 4.02. The van der Waals surface area contributed by atoms with Gasteiger partial charge in [-0.3, -0.25) is 9.69 Å². The Kier molecular flexibility index (Phi) is 3.98. The number of carbonyl (C=O) groups is 1. The fraction of sp³-hybridized carbons (Fsp3) is 0.533. The van der Waals surface area contributed by atoms with Crippen molar-refractivity contribution in [2.45, 2.75) is 20.1 Å². The van der Waals surface area contributed by atoms with Gasteiger partial charge in [-0.1, -0.05) is 0 Å². The molecule has 0 saturated carbocycles. The first-order chi connectivity index (χ1) is 10.1. The van der Waals surface area contributed by atoms with Crippen LogP contribution in [0.3, 0.4) is 0 Å². The zero-order valence-corrected chi connectivity index (χ0v) is 12.3. The van der Waals surface area contributed by atoms with Crippen LogP contribution in [-0.4, -0.2) is 48.7 Å². The number of fused-ring (bicyclic) bond motifs is 1. The number of amides is 1. The fourth-order valence-electron chi connectivity index (χ4n) is 2.91. The lowest BCUT2D eigenvalue weighted by Gasteiger charge is -2.34. The van der Waals surface area contributed by atoms with E-state index in [0.717, 1.165) is 55.3 Å². The van der Waals surface area contributed by atoms with Crippen molar-refractivity contribution in [2.24, 2.45) is 0 Å². The Labute approximate surface area is 124 Å². The topological polar surface area (TPSA) is 68.0 Å². The third-order valence-electron chi connectivity index (χ3n) is 4.02. The molecule has 0 aliphatic carbocycles.